The van der Waals surface area contributed by atoms with Crippen molar-refractivity contribution in [2.45, 2.75) is 20.4 Å². The van der Waals surface area contributed by atoms with Gasteiger partial charge in [-0.1, -0.05) is 19.9 Å². The zero-order chi connectivity index (χ0) is 12.8. The minimum absolute atomic E-state index is 0.136. The first-order valence-electron chi connectivity index (χ1n) is 5.79. The Balaban J connectivity index is 2.95. The molecule has 0 aliphatic rings. The minimum Gasteiger partial charge on any atom is -0.383 e. The molecule has 1 N–H and O–H groups in total. The molecule has 0 aromatic heterocycles. The topological polar surface area (TPSA) is 58.4 Å². The summed E-state index contributed by atoms with van der Waals surface area (Å²) in [6, 6.07) is 5.33. The average Bonchev–Trinajstić information content (AvgIpc) is 2.35. The van der Waals surface area contributed by atoms with E-state index in [1.54, 1.807) is 19.2 Å². The number of nitro groups is 1. The minimum atomic E-state index is -0.350. The molecule has 0 spiro atoms. The summed E-state index contributed by atoms with van der Waals surface area (Å²) in [6.07, 6.45) is 0. The third kappa shape index (κ3) is 3.42. The molecule has 0 radical (unpaired) electrons. The number of nitrogens with zero attached hydrogens (tertiary/aromatic N) is 2. The molecule has 0 fully saturated rings. The first-order valence-corrected chi connectivity index (χ1v) is 5.79. The van der Waals surface area contributed by atoms with Crippen LogP contribution < -0.4 is 5.32 Å². The summed E-state index contributed by atoms with van der Waals surface area (Å²) in [5.74, 6) is 0. The molecular weight excluding hydrogens is 218 g/mol. The van der Waals surface area contributed by atoms with Gasteiger partial charge in [0.1, 0.15) is 5.69 Å². The molecule has 1 aromatic carbocycles. The molecule has 1 rings (SSSR count). The van der Waals surface area contributed by atoms with Gasteiger partial charge in [-0.05, 0) is 24.7 Å². The van der Waals surface area contributed by atoms with Gasteiger partial charge in [0, 0.05) is 19.7 Å². The molecule has 0 aliphatic carbocycles. The van der Waals surface area contributed by atoms with Crippen molar-refractivity contribution in [1.82, 2.24) is 4.90 Å². The Morgan fingerprint density at radius 2 is 2.00 bits per heavy atom. The lowest BCUT2D eigenvalue weighted by atomic mass is 10.1. The van der Waals surface area contributed by atoms with E-state index in [0.29, 0.717) is 5.69 Å². The highest BCUT2D eigenvalue weighted by Crippen LogP contribution is 2.25. The van der Waals surface area contributed by atoms with Crippen molar-refractivity contribution >= 4 is 11.4 Å². The molecule has 5 nitrogen and oxygen atoms in total. The van der Waals surface area contributed by atoms with E-state index < -0.39 is 0 Å². The average molecular weight is 237 g/mol. The molecule has 0 heterocycles. The van der Waals surface area contributed by atoms with Gasteiger partial charge in [0.2, 0.25) is 0 Å². The summed E-state index contributed by atoms with van der Waals surface area (Å²) in [5.41, 5.74) is 1.66. The van der Waals surface area contributed by atoms with Crippen molar-refractivity contribution in [2.24, 2.45) is 0 Å². The fourth-order valence-electron chi connectivity index (χ4n) is 1.74. The normalized spacial score (nSPS) is 10.6. The van der Waals surface area contributed by atoms with Crippen LogP contribution in [0.4, 0.5) is 11.4 Å². The number of hydrogen-bond donors (Lipinski definition) is 1. The van der Waals surface area contributed by atoms with Gasteiger partial charge in [0.15, 0.2) is 0 Å². The van der Waals surface area contributed by atoms with E-state index in [4.69, 9.17) is 0 Å². The third-order valence-electron chi connectivity index (χ3n) is 2.83. The molecule has 0 unspecified atom stereocenters. The van der Waals surface area contributed by atoms with Crippen LogP contribution in [-0.4, -0.2) is 30.0 Å². The van der Waals surface area contributed by atoms with Gasteiger partial charge in [0.25, 0.3) is 5.69 Å². The molecule has 0 saturated heterocycles. The molecule has 0 saturated carbocycles. The summed E-state index contributed by atoms with van der Waals surface area (Å²) in [4.78, 5) is 12.8. The fourth-order valence-corrected chi connectivity index (χ4v) is 1.74. The first-order chi connectivity index (χ1) is 8.12. The third-order valence-corrected chi connectivity index (χ3v) is 2.83. The summed E-state index contributed by atoms with van der Waals surface area (Å²) in [7, 11) is 1.69. The predicted molar refractivity (Wildman–Crippen MR) is 69.3 cm³/mol. The van der Waals surface area contributed by atoms with Crippen LogP contribution >= 0.6 is 0 Å². The second kappa shape index (κ2) is 6.20. The maximum absolute atomic E-state index is 10.9. The zero-order valence-corrected chi connectivity index (χ0v) is 10.6. The maximum atomic E-state index is 10.9. The zero-order valence-electron chi connectivity index (χ0n) is 10.6. The number of nitro benzene ring substituents is 1. The SMILES string of the molecule is CCN(CC)Cc1ccc(NC)c([N+](=O)[O-])c1. The molecule has 94 valence electrons. The molecule has 5 heteroatoms. The lowest BCUT2D eigenvalue weighted by Gasteiger charge is -2.18. The van der Waals surface area contributed by atoms with E-state index in [1.807, 2.05) is 6.07 Å². The monoisotopic (exact) mass is 237 g/mol. The van der Waals surface area contributed by atoms with Crippen LogP contribution in [-0.2, 0) is 6.54 Å². The standard InChI is InChI=1S/C12H19N3O2/c1-4-14(5-2)9-10-6-7-11(13-3)12(8-10)15(16)17/h6-8,13H,4-5,9H2,1-3H3. The van der Waals surface area contributed by atoms with Gasteiger partial charge >= 0.3 is 0 Å². The van der Waals surface area contributed by atoms with Crippen molar-refractivity contribution in [1.29, 1.82) is 0 Å². The summed E-state index contributed by atoms with van der Waals surface area (Å²) in [6.45, 7) is 6.80. The Morgan fingerprint density at radius 3 is 2.47 bits per heavy atom. The Bertz CT molecular complexity index is 389. The van der Waals surface area contributed by atoms with Crippen LogP contribution in [0.2, 0.25) is 0 Å². The second-order valence-electron chi connectivity index (χ2n) is 3.82. The van der Waals surface area contributed by atoms with E-state index >= 15 is 0 Å². The molecule has 0 bridgehead atoms. The number of benzene rings is 1. The highest BCUT2D eigenvalue weighted by Gasteiger charge is 2.14. The van der Waals surface area contributed by atoms with E-state index in [1.165, 1.54) is 0 Å². The molecule has 17 heavy (non-hydrogen) atoms. The highest BCUT2D eigenvalue weighted by atomic mass is 16.6. The summed E-state index contributed by atoms with van der Waals surface area (Å²) in [5, 5.41) is 13.7. The number of rotatable bonds is 6. The largest absolute Gasteiger partial charge is 0.383 e. The Morgan fingerprint density at radius 1 is 1.35 bits per heavy atom. The second-order valence-corrected chi connectivity index (χ2v) is 3.82. The van der Waals surface area contributed by atoms with Crippen LogP contribution in [0.1, 0.15) is 19.4 Å². The van der Waals surface area contributed by atoms with Gasteiger partial charge in [0.05, 0.1) is 4.92 Å². The fraction of sp³-hybridized carbons (Fsp3) is 0.500. The van der Waals surface area contributed by atoms with E-state index in [-0.39, 0.29) is 10.6 Å². The van der Waals surface area contributed by atoms with Gasteiger partial charge in [-0.15, -0.1) is 0 Å². The molecule has 0 aliphatic heterocycles. The quantitative estimate of drug-likeness (QED) is 0.610. The van der Waals surface area contributed by atoms with Crippen LogP contribution in [0.15, 0.2) is 18.2 Å². The molecule has 1 aromatic rings. The summed E-state index contributed by atoms with van der Waals surface area (Å²) < 4.78 is 0. The lowest BCUT2D eigenvalue weighted by molar-refractivity contribution is -0.384. The number of nitrogens with one attached hydrogen (secondary N) is 1. The Labute approximate surface area is 102 Å². The Hall–Kier alpha value is -1.62. The van der Waals surface area contributed by atoms with Crippen LogP contribution in [0.3, 0.4) is 0 Å². The van der Waals surface area contributed by atoms with E-state index in [2.05, 4.69) is 24.1 Å². The number of anilines is 1. The van der Waals surface area contributed by atoms with Gasteiger partial charge < -0.3 is 5.32 Å². The molecule has 0 amide bonds. The van der Waals surface area contributed by atoms with Crippen molar-refractivity contribution in [2.75, 3.05) is 25.5 Å². The van der Waals surface area contributed by atoms with Crippen molar-refractivity contribution in [3.63, 3.8) is 0 Å². The molecular formula is C12H19N3O2. The van der Waals surface area contributed by atoms with Crippen molar-refractivity contribution in [3.8, 4) is 0 Å². The molecule has 0 atom stereocenters. The van der Waals surface area contributed by atoms with Gasteiger partial charge in [-0.3, -0.25) is 15.0 Å². The van der Waals surface area contributed by atoms with Crippen LogP contribution in [0.25, 0.3) is 0 Å². The Kier molecular flexibility index (Phi) is 4.90. The lowest BCUT2D eigenvalue weighted by Crippen LogP contribution is -2.22. The van der Waals surface area contributed by atoms with Crippen LogP contribution in [0.5, 0.6) is 0 Å². The summed E-state index contributed by atoms with van der Waals surface area (Å²) >= 11 is 0. The predicted octanol–water partition coefficient (Wildman–Crippen LogP) is 2.48. The highest BCUT2D eigenvalue weighted by molar-refractivity contribution is 5.62. The van der Waals surface area contributed by atoms with Crippen molar-refractivity contribution in [3.05, 3.63) is 33.9 Å². The number of hydrogen-bond acceptors (Lipinski definition) is 4. The van der Waals surface area contributed by atoms with Crippen LogP contribution in [0, 0.1) is 10.1 Å². The van der Waals surface area contributed by atoms with Gasteiger partial charge in [-0.2, -0.15) is 0 Å². The smallest absolute Gasteiger partial charge is 0.292 e. The van der Waals surface area contributed by atoms with Gasteiger partial charge in [-0.25, -0.2) is 0 Å². The van der Waals surface area contributed by atoms with E-state index in [0.717, 1.165) is 25.2 Å². The van der Waals surface area contributed by atoms with Crippen molar-refractivity contribution < 1.29 is 4.92 Å². The maximum Gasteiger partial charge on any atom is 0.292 e. The van der Waals surface area contributed by atoms with E-state index in [9.17, 15) is 10.1 Å². The first kappa shape index (κ1) is 13.4.